The highest BCUT2D eigenvalue weighted by Gasteiger charge is 2.28. The van der Waals surface area contributed by atoms with E-state index < -0.39 is 0 Å². The van der Waals surface area contributed by atoms with Gasteiger partial charge in [-0.3, -0.25) is 9.89 Å². The number of anilines is 1. The van der Waals surface area contributed by atoms with Crippen LogP contribution in [0.2, 0.25) is 0 Å². The second kappa shape index (κ2) is 9.15. The Morgan fingerprint density at radius 2 is 2.15 bits per heavy atom. The van der Waals surface area contributed by atoms with Gasteiger partial charge >= 0.3 is 0 Å². The molecular formula is C25H28N4O4. The number of carbonyl (C=O) groups is 1. The molecule has 3 heterocycles. The van der Waals surface area contributed by atoms with Crippen molar-refractivity contribution in [3.05, 3.63) is 54.4 Å². The molecule has 0 bridgehead atoms. The predicted molar refractivity (Wildman–Crippen MR) is 125 cm³/mol. The Bertz CT molecular complexity index is 1130. The Morgan fingerprint density at radius 3 is 2.91 bits per heavy atom. The Morgan fingerprint density at radius 1 is 1.24 bits per heavy atom. The van der Waals surface area contributed by atoms with E-state index in [1.807, 2.05) is 42.6 Å². The quantitative estimate of drug-likeness (QED) is 0.601. The average Bonchev–Trinajstić information content (AvgIpc) is 3.51. The standard InChI is InChI=1S/C25H28N4O4/c1-29-8-7-21(14-29)33-24-11-16(19-12-26-27-13-19)3-5-22(24)28-25(30)18-9-17-10-20(31-2)4-6-23(17)32-15-18/h3-6,10-13,18,21H,7-9,14-15H2,1-2H3,(H,26,27)(H,28,30). The van der Waals surface area contributed by atoms with Gasteiger partial charge in [0.15, 0.2) is 0 Å². The van der Waals surface area contributed by atoms with Gasteiger partial charge < -0.3 is 24.4 Å². The highest BCUT2D eigenvalue weighted by atomic mass is 16.5. The molecule has 2 aliphatic rings. The fraction of sp³-hybridized carbons (Fsp3) is 0.360. The minimum Gasteiger partial charge on any atom is -0.497 e. The Labute approximate surface area is 192 Å². The number of H-pyrrole nitrogens is 1. The van der Waals surface area contributed by atoms with Crippen LogP contribution in [-0.4, -0.2) is 61.0 Å². The molecule has 0 saturated carbocycles. The summed E-state index contributed by atoms with van der Waals surface area (Å²) in [4.78, 5) is 15.4. The largest absolute Gasteiger partial charge is 0.497 e. The second-order valence-corrected chi connectivity index (χ2v) is 8.66. The Hall–Kier alpha value is -3.52. The number of ether oxygens (including phenoxy) is 3. The third-order valence-corrected chi connectivity index (χ3v) is 6.26. The molecule has 2 unspecified atom stereocenters. The maximum Gasteiger partial charge on any atom is 0.231 e. The first kappa shape index (κ1) is 21.3. The highest BCUT2D eigenvalue weighted by Crippen LogP contribution is 2.35. The zero-order valence-corrected chi connectivity index (χ0v) is 18.8. The molecule has 1 saturated heterocycles. The van der Waals surface area contributed by atoms with Crippen LogP contribution in [0.25, 0.3) is 11.1 Å². The minimum atomic E-state index is -0.302. The van der Waals surface area contributed by atoms with Crippen LogP contribution in [0.5, 0.6) is 17.2 Å². The Balaban J connectivity index is 1.36. The van der Waals surface area contributed by atoms with Crippen LogP contribution in [-0.2, 0) is 11.2 Å². The smallest absolute Gasteiger partial charge is 0.231 e. The van der Waals surface area contributed by atoms with E-state index in [0.29, 0.717) is 24.5 Å². The number of likely N-dealkylation sites (tertiary alicyclic amines) is 1. The molecule has 0 spiro atoms. The fourth-order valence-electron chi connectivity index (χ4n) is 4.38. The van der Waals surface area contributed by atoms with Gasteiger partial charge in [-0.1, -0.05) is 6.07 Å². The number of nitrogens with zero attached hydrogens (tertiary/aromatic N) is 2. The monoisotopic (exact) mass is 448 g/mol. The summed E-state index contributed by atoms with van der Waals surface area (Å²) in [7, 11) is 3.72. The van der Waals surface area contributed by atoms with Crippen molar-refractivity contribution >= 4 is 11.6 Å². The van der Waals surface area contributed by atoms with Crippen molar-refractivity contribution in [3.8, 4) is 28.4 Å². The number of benzene rings is 2. The number of aromatic nitrogens is 2. The van der Waals surface area contributed by atoms with Crippen LogP contribution in [0, 0.1) is 5.92 Å². The van der Waals surface area contributed by atoms with Gasteiger partial charge in [0.1, 0.15) is 30.0 Å². The van der Waals surface area contributed by atoms with Crippen LogP contribution in [0.4, 0.5) is 5.69 Å². The van der Waals surface area contributed by atoms with E-state index in [1.54, 1.807) is 13.3 Å². The van der Waals surface area contributed by atoms with Crippen LogP contribution in [0.3, 0.4) is 0 Å². The molecule has 33 heavy (non-hydrogen) atoms. The number of methoxy groups -OCH3 is 1. The van der Waals surface area contributed by atoms with Gasteiger partial charge in [-0.15, -0.1) is 0 Å². The van der Waals surface area contributed by atoms with Gasteiger partial charge in [-0.2, -0.15) is 5.10 Å². The zero-order chi connectivity index (χ0) is 22.8. The van der Waals surface area contributed by atoms with Crippen molar-refractivity contribution in [2.75, 3.05) is 39.2 Å². The lowest BCUT2D eigenvalue weighted by Crippen LogP contribution is -2.33. The average molecular weight is 449 g/mol. The predicted octanol–water partition coefficient (Wildman–Crippen LogP) is 3.36. The zero-order valence-electron chi connectivity index (χ0n) is 18.8. The number of hydrogen-bond acceptors (Lipinski definition) is 6. The van der Waals surface area contributed by atoms with Crippen molar-refractivity contribution in [2.45, 2.75) is 18.9 Å². The number of amides is 1. The van der Waals surface area contributed by atoms with Crippen LogP contribution >= 0.6 is 0 Å². The molecule has 172 valence electrons. The molecule has 2 atom stereocenters. The molecule has 8 nitrogen and oxygen atoms in total. The first-order valence-electron chi connectivity index (χ1n) is 11.2. The minimum absolute atomic E-state index is 0.0857. The summed E-state index contributed by atoms with van der Waals surface area (Å²) in [5.41, 5.74) is 3.58. The van der Waals surface area contributed by atoms with Crippen LogP contribution in [0.15, 0.2) is 48.8 Å². The van der Waals surface area contributed by atoms with E-state index in [2.05, 4.69) is 27.5 Å². The maximum atomic E-state index is 13.2. The number of rotatable bonds is 6. The molecule has 0 aliphatic carbocycles. The van der Waals surface area contributed by atoms with Gasteiger partial charge in [-0.05, 0) is 61.3 Å². The van der Waals surface area contributed by atoms with Crippen LogP contribution in [0.1, 0.15) is 12.0 Å². The summed E-state index contributed by atoms with van der Waals surface area (Å²) in [5, 5.41) is 9.97. The van der Waals surface area contributed by atoms with Gasteiger partial charge in [0.25, 0.3) is 0 Å². The van der Waals surface area contributed by atoms with Crippen molar-refractivity contribution < 1.29 is 19.0 Å². The van der Waals surface area contributed by atoms with E-state index in [0.717, 1.165) is 47.7 Å². The highest BCUT2D eigenvalue weighted by molar-refractivity contribution is 5.95. The molecule has 2 N–H and O–H groups in total. The third-order valence-electron chi connectivity index (χ3n) is 6.26. The number of fused-ring (bicyclic) bond motifs is 1. The summed E-state index contributed by atoms with van der Waals surface area (Å²) in [5.74, 6) is 1.84. The molecule has 0 radical (unpaired) electrons. The molecule has 1 amide bonds. The first-order valence-corrected chi connectivity index (χ1v) is 11.2. The number of aromatic amines is 1. The van der Waals surface area contributed by atoms with E-state index in [-0.39, 0.29) is 17.9 Å². The third kappa shape index (κ3) is 4.66. The molecule has 1 aromatic heterocycles. The molecular weight excluding hydrogens is 420 g/mol. The number of likely N-dealkylation sites (N-methyl/N-ethyl adjacent to an activating group) is 1. The summed E-state index contributed by atoms with van der Waals surface area (Å²) >= 11 is 0. The fourth-order valence-corrected chi connectivity index (χ4v) is 4.38. The first-order chi connectivity index (χ1) is 16.1. The van der Waals surface area contributed by atoms with Crippen LogP contribution < -0.4 is 19.5 Å². The molecule has 8 heteroatoms. The van der Waals surface area contributed by atoms with Crippen molar-refractivity contribution in [1.29, 1.82) is 0 Å². The van der Waals surface area contributed by atoms with E-state index in [9.17, 15) is 4.79 Å². The van der Waals surface area contributed by atoms with Crippen molar-refractivity contribution in [3.63, 3.8) is 0 Å². The number of hydrogen-bond donors (Lipinski definition) is 2. The van der Waals surface area contributed by atoms with E-state index in [4.69, 9.17) is 14.2 Å². The van der Waals surface area contributed by atoms with Gasteiger partial charge in [0, 0.05) is 24.8 Å². The SMILES string of the molecule is COc1ccc2c(c1)CC(C(=O)Nc1ccc(-c3cn[nH]c3)cc1OC1CCN(C)C1)CO2. The normalized spacial score (nSPS) is 20.1. The lowest BCUT2D eigenvalue weighted by Gasteiger charge is -2.25. The molecule has 1 fully saturated rings. The molecule has 5 rings (SSSR count). The lowest BCUT2D eigenvalue weighted by molar-refractivity contribution is -0.121. The topological polar surface area (TPSA) is 88.7 Å². The van der Waals surface area contributed by atoms with E-state index in [1.165, 1.54) is 0 Å². The lowest BCUT2D eigenvalue weighted by atomic mass is 9.95. The van der Waals surface area contributed by atoms with Gasteiger partial charge in [-0.25, -0.2) is 0 Å². The van der Waals surface area contributed by atoms with E-state index >= 15 is 0 Å². The number of carbonyl (C=O) groups excluding carboxylic acids is 1. The summed E-state index contributed by atoms with van der Waals surface area (Å²) < 4.78 is 17.5. The summed E-state index contributed by atoms with van der Waals surface area (Å²) in [6.45, 7) is 2.19. The van der Waals surface area contributed by atoms with Gasteiger partial charge in [0.05, 0.1) is 24.9 Å². The number of nitrogens with one attached hydrogen (secondary N) is 2. The summed E-state index contributed by atoms with van der Waals surface area (Å²) in [6, 6.07) is 11.5. The maximum absolute atomic E-state index is 13.2. The Kier molecular flexibility index (Phi) is 5.92. The van der Waals surface area contributed by atoms with Gasteiger partial charge in [0.2, 0.25) is 5.91 Å². The molecule has 3 aromatic rings. The summed E-state index contributed by atoms with van der Waals surface area (Å²) in [6.07, 6.45) is 5.24. The molecule has 2 aromatic carbocycles. The van der Waals surface area contributed by atoms with Crippen molar-refractivity contribution in [2.24, 2.45) is 5.92 Å². The second-order valence-electron chi connectivity index (χ2n) is 8.66. The van der Waals surface area contributed by atoms with Crippen molar-refractivity contribution in [1.82, 2.24) is 15.1 Å². The molecule has 2 aliphatic heterocycles.